The Morgan fingerprint density at radius 3 is 2.66 bits per heavy atom. The topological polar surface area (TPSA) is 81.7 Å². The number of carboxylic acids is 1. The van der Waals surface area contributed by atoms with Gasteiger partial charge in [-0.15, -0.1) is 0 Å². The number of carbonyl (C=O) groups is 1. The van der Waals surface area contributed by atoms with Crippen LogP contribution in [0.25, 0.3) is 11.0 Å². The van der Waals surface area contributed by atoms with Crippen molar-refractivity contribution < 1.29 is 14.6 Å². The monoisotopic (exact) mass is 554 g/mol. The van der Waals surface area contributed by atoms with Crippen molar-refractivity contribution in [1.29, 1.82) is 0 Å². The van der Waals surface area contributed by atoms with E-state index in [0.717, 1.165) is 61.3 Å². The number of H-pyrrole nitrogens is 1. The molecule has 1 atom stereocenters. The molecule has 0 radical (unpaired) electrons. The molecule has 2 bridgehead atoms. The molecule has 1 saturated heterocycles. The summed E-state index contributed by atoms with van der Waals surface area (Å²) in [5, 5.41) is 10.7. The number of ether oxygens (including phenoxy) is 1. The third-order valence-electron chi connectivity index (χ3n) is 10.6. The number of benzene rings is 1. The number of aromatic nitrogens is 2. The summed E-state index contributed by atoms with van der Waals surface area (Å²) in [6.45, 7) is 12.4. The Bertz CT molecular complexity index is 1510. The number of piperazine rings is 1. The van der Waals surface area contributed by atoms with E-state index >= 15 is 0 Å². The summed E-state index contributed by atoms with van der Waals surface area (Å²) in [7, 11) is 0. The standard InChI is InChI=1S/C34H42N4O3/c1-22-16-34(17-25(22)18-34)29-19-33(2,3)8-6-24(29)21-37-10-12-38(13-11-37)26-4-5-28(32(39)40)30(15-26)41-27-14-23-7-9-35-31(23)36-20-27/h4-5,7,9,14-15,20,22,25H,6,8,10-13,16-19,21H2,1-3H3,(H,35,36)(H,39,40). The van der Waals surface area contributed by atoms with E-state index in [2.05, 4.69) is 40.5 Å². The van der Waals surface area contributed by atoms with Gasteiger partial charge in [0, 0.05) is 56.1 Å². The van der Waals surface area contributed by atoms with E-state index in [1.54, 1.807) is 17.8 Å². The van der Waals surface area contributed by atoms with Crippen molar-refractivity contribution in [3.05, 3.63) is 59.4 Å². The minimum Gasteiger partial charge on any atom is -0.478 e. The fourth-order valence-corrected chi connectivity index (χ4v) is 8.24. The van der Waals surface area contributed by atoms with Crippen molar-refractivity contribution in [1.82, 2.24) is 14.9 Å². The number of nitrogens with zero attached hydrogens (tertiary/aromatic N) is 3. The molecular weight excluding hydrogens is 512 g/mol. The highest BCUT2D eigenvalue weighted by molar-refractivity contribution is 5.92. The quantitative estimate of drug-likeness (QED) is 0.303. The molecule has 2 N–H and O–H groups in total. The van der Waals surface area contributed by atoms with E-state index in [4.69, 9.17) is 4.74 Å². The molecule has 1 aliphatic heterocycles. The van der Waals surface area contributed by atoms with E-state index in [-0.39, 0.29) is 5.56 Å². The summed E-state index contributed by atoms with van der Waals surface area (Å²) in [4.78, 5) is 24.4. The molecule has 1 unspecified atom stereocenters. The fourth-order valence-electron chi connectivity index (χ4n) is 8.24. The molecule has 4 aliphatic carbocycles. The van der Waals surface area contributed by atoms with Gasteiger partial charge in [-0.2, -0.15) is 0 Å². The predicted octanol–water partition coefficient (Wildman–Crippen LogP) is 7.12. The molecule has 7 heteroatoms. The van der Waals surface area contributed by atoms with Crippen LogP contribution in [0.15, 0.2) is 53.9 Å². The zero-order chi connectivity index (χ0) is 28.4. The average Bonchev–Trinajstić information content (AvgIpc) is 3.62. The average molecular weight is 555 g/mol. The Balaban J connectivity index is 1.06. The lowest BCUT2D eigenvalue weighted by molar-refractivity contribution is 0.0694. The van der Waals surface area contributed by atoms with Crippen LogP contribution in [0.1, 0.15) is 69.7 Å². The smallest absolute Gasteiger partial charge is 0.339 e. The molecule has 3 saturated carbocycles. The number of rotatable bonds is 7. The van der Waals surface area contributed by atoms with Crippen molar-refractivity contribution in [3.63, 3.8) is 0 Å². The van der Waals surface area contributed by atoms with E-state index in [9.17, 15) is 9.90 Å². The molecular formula is C34H42N4O3. The summed E-state index contributed by atoms with van der Waals surface area (Å²) in [5.41, 5.74) is 6.46. The lowest BCUT2D eigenvalue weighted by Crippen LogP contribution is -2.47. The van der Waals surface area contributed by atoms with Crippen molar-refractivity contribution in [2.75, 3.05) is 37.6 Å². The van der Waals surface area contributed by atoms with Gasteiger partial charge in [-0.3, -0.25) is 4.90 Å². The molecule has 41 heavy (non-hydrogen) atoms. The van der Waals surface area contributed by atoms with Gasteiger partial charge in [0.2, 0.25) is 0 Å². The highest BCUT2D eigenvalue weighted by Gasteiger charge is 2.57. The van der Waals surface area contributed by atoms with Crippen LogP contribution < -0.4 is 9.64 Å². The molecule has 2 aromatic heterocycles. The van der Waals surface area contributed by atoms with E-state index < -0.39 is 5.97 Å². The number of allylic oxidation sites excluding steroid dienone is 1. The number of pyridine rings is 1. The van der Waals surface area contributed by atoms with Gasteiger partial charge in [-0.1, -0.05) is 31.9 Å². The minimum absolute atomic E-state index is 0.153. The zero-order valence-corrected chi connectivity index (χ0v) is 24.6. The Labute approximate surface area is 242 Å². The highest BCUT2D eigenvalue weighted by atomic mass is 16.5. The SMILES string of the molecule is CC1CC2(C3=C(CN4CCN(c5ccc(C(=O)O)c(Oc6cnc7[nH]ccc7c6)c5)CC4)CCC(C)(C)C3)CC1C2. The number of fused-ring (bicyclic) bond motifs is 2. The van der Waals surface area contributed by atoms with Crippen molar-refractivity contribution in [2.24, 2.45) is 22.7 Å². The summed E-state index contributed by atoms with van der Waals surface area (Å²) in [6, 6.07) is 9.25. The van der Waals surface area contributed by atoms with Crippen molar-refractivity contribution in [2.45, 2.75) is 59.3 Å². The third kappa shape index (κ3) is 4.92. The highest BCUT2D eigenvalue weighted by Crippen LogP contribution is 2.67. The Kier molecular flexibility index (Phi) is 6.42. The number of hydrogen-bond donors (Lipinski definition) is 2. The number of aromatic amines is 1. The number of hydrogen-bond acceptors (Lipinski definition) is 5. The van der Waals surface area contributed by atoms with Crippen LogP contribution in [0.2, 0.25) is 0 Å². The van der Waals surface area contributed by atoms with Crippen LogP contribution in [0.4, 0.5) is 5.69 Å². The van der Waals surface area contributed by atoms with Crippen LogP contribution in [0.5, 0.6) is 11.5 Å². The first-order chi connectivity index (χ1) is 19.7. The van der Waals surface area contributed by atoms with Crippen LogP contribution in [0.3, 0.4) is 0 Å². The van der Waals surface area contributed by atoms with Gasteiger partial charge in [-0.05, 0) is 85.5 Å². The number of carboxylic acid groups (broad SMARTS) is 1. The normalized spacial score (nSPS) is 27.7. The second-order valence-corrected chi connectivity index (χ2v) is 14.0. The van der Waals surface area contributed by atoms with Gasteiger partial charge in [0.25, 0.3) is 0 Å². The van der Waals surface area contributed by atoms with E-state index in [0.29, 0.717) is 22.3 Å². The number of aromatic carboxylic acids is 1. The maximum Gasteiger partial charge on any atom is 0.339 e. The molecule has 3 heterocycles. The molecule has 0 amide bonds. The van der Waals surface area contributed by atoms with Gasteiger partial charge < -0.3 is 19.7 Å². The first-order valence-corrected chi connectivity index (χ1v) is 15.4. The maximum atomic E-state index is 12.0. The van der Waals surface area contributed by atoms with Crippen molar-refractivity contribution >= 4 is 22.7 Å². The Hall–Kier alpha value is -3.32. The molecule has 3 aromatic rings. The zero-order valence-electron chi connectivity index (χ0n) is 24.6. The van der Waals surface area contributed by atoms with Gasteiger partial charge in [-0.25, -0.2) is 9.78 Å². The lowest BCUT2D eigenvalue weighted by atomic mass is 9.58. The van der Waals surface area contributed by atoms with Gasteiger partial charge >= 0.3 is 5.97 Å². The van der Waals surface area contributed by atoms with Crippen LogP contribution >= 0.6 is 0 Å². The maximum absolute atomic E-state index is 12.0. The summed E-state index contributed by atoms with van der Waals surface area (Å²) >= 11 is 0. The summed E-state index contributed by atoms with van der Waals surface area (Å²) < 4.78 is 6.10. The predicted molar refractivity (Wildman–Crippen MR) is 162 cm³/mol. The Morgan fingerprint density at radius 2 is 1.93 bits per heavy atom. The summed E-state index contributed by atoms with van der Waals surface area (Å²) in [5.74, 6) is 1.73. The molecule has 4 fully saturated rings. The lowest BCUT2D eigenvalue weighted by Gasteiger charge is -2.48. The minimum atomic E-state index is -0.999. The van der Waals surface area contributed by atoms with Crippen LogP contribution in [0, 0.1) is 22.7 Å². The summed E-state index contributed by atoms with van der Waals surface area (Å²) in [6.07, 6.45) is 11.6. The van der Waals surface area contributed by atoms with Crippen LogP contribution in [-0.2, 0) is 0 Å². The van der Waals surface area contributed by atoms with Gasteiger partial charge in [0.15, 0.2) is 0 Å². The van der Waals surface area contributed by atoms with Gasteiger partial charge in [0.1, 0.15) is 22.7 Å². The van der Waals surface area contributed by atoms with Gasteiger partial charge in [0.05, 0.1) is 6.20 Å². The van der Waals surface area contributed by atoms with Crippen molar-refractivity contribution in [3.8, 4) is 11.5 Å². The Morgan fingerprint density at radius 1 is 1.12 bits per heavy atom. The molecule has 216 valence electrons. The molecule has 8 rings (SSSR count). The molecule has 7 nitrogen and oxygen atoms in total. The second kappa shape index (κ2) is 9.90. The fraction of sp³-hybridized carbons (Fsp3) is 0.529. The largest absolute Gasteiger partial charge is 0.478 e. The third-order valence-corrected chi connectivity index (χ3v) is 10.6. The van der Waals surface area contributed by atoms with E-state index in [1.807, 2.05) is 36.0 Å². The first-order valence-electron chi connectivity index (χ1n) is 15.4. The number of anilines is 1. The second-order valence-electron chi connectivity index (χ2n) is 14.0. The molecule has 0 spiro atoms. The molecule has 5 aliphatic rings. The molecule has 1 aromatic carbocycles. The van der Waals surface area contributed by atoms with Crippen LogP contribution in [-0.4, -0.2) is 58.7 Å². The first kappa shape index (κ1) is 26.6. The number of nitrogens with one attached hydrogen (secondary N) is 1. The van der Waals surface area contributed by atoms with E-state index in [1.165, 1.54) is 38.5 Å².